The van der Waals surface area contributed by atoms with Crippen LogP contribution in [0.1, 0.15) is 5.56 Å². The summed E-state index contributed by atoms with van der Waals surface area (Å²) in [5.41, 5.74) is 6.72. The van der Waals surface area contributed by atoms with Crippen LogP contribution in [0.2, 0.25) is 0 Å². The molecule has 0 aliphatic heterocycles. The highest BCUT2D eigenvalue weighted by Gasteiger charge is 2.05. The summed E-state index contributed by atoms with van der Waals surface area (Å²) >= 11 is 0. The maximum atomic E-state index is 5.68. The molecule has 1 aromatic carbocycles. The zero-order valence-electron chi connectivity index (χ0n) is 9.91. The van der Waals surface area contributed by atoms with Gasteiger partial charge in [0.2, 0.25) is 0 Å². The first-order chi connectivity index (χ1) is 7.71. The van der Waals surface area contributed by atoms with Gasteiger partial charge in [0, 0.05) is 18.2 Å². The maximum Gasteiger partial charge on any atom is 0.127 e. The maximum absolute atomic E-state index is 5.68. The Morgan fingerprint density at radius 1 is 1.31 bits per heavy atom. The lowest BCUT2D eigenvalue weighted by atomic mass is 10.2. The summed E-state index contributed by atoms with van der Waals surface area (Å²) in [4.78, 5) is 0. The quantitative estimate of drug-likeness (QED) is 0.606. The summed E-state index contributed by atoms with van der Waals surface area (Å²) < 4.78 is 10.4. The molecule has 0 fully saturated rings. The Morgan fingerprint density at radius 3 is 2.62 bits per heavy atom. The topological polar surface area (TPSA) is 68.5 Å². The van der Waals surface area contributed by atoms with Crippen molar-refractivity contribution in [1.82, 2.24) is 10.6 Å². The van der Waals surface area contributed by atoms with E-state index in [2.05, 4.69) is 10.6 Å². The fourth-order valence-electron chi connectivity index (χ4n) is 1.32. The van der Waals surface area contributed by atoms with Crippen molar-refractivity contribution in [2.75, 3.05) is 21.3 Å². The molecular formula is C11H19N3O2. The molecule has 0 bridgehead atoms. The van der Waals surface area contributed by atoms with Gasteiger partial charge in [-0.1, -0.05) is 6.07 Å². The SMILES string of the molecule is CNC(N)NCc1ccc(OC)cc1OC. The smallest absolute Gasteiger partial charge is 0.127 e. The van der Waals surface area contributed by atoms with Gasteiger partial charge in [0.25, 0.3) is 0 Å². The van der Waals surface area contributed by atoms with Crippen LogP contribution in [0.4, 0.5) is 0 Å². The Labute approximate surface area is 95.9 Å². The number of nitrogens with two attached hydrogens (primary N) is 1. The van der Waals surface area contributed by atoms with Crippen molar-refractivity contribution in [3.63, 3.8) is 0 Å². The zero-order valence-corrected chi connectivity index (χ0v) is 9.91. The Kier molecular flexibility index (Phi) is 5.04. The molecule has 5 nitrogen and oxygen atoms in total. The number of nitrogens with one attached hydrogen (secondary N) is 2. The molecule has 0 radical (unpaired) electrons. The van der Waals surface area contributed by atoms with Crippen LogP contribution in [0, 0.1) is 0 Å². The van der Waals surface area contributed by atoms with Gasteiger partial charge < -0.3 is 15.2 Å². The molecule has 0 heterocycles. The summed E-state index contributed by atoms with van der Waals surface area (Å²) in [6.07, 6.45) is -0.230. The van der Waals surface area contributed by atoms with Crippen LogP contribution in [-0.2, 0) is 6.54 Å². The van der Waals surface area contributed by atoms with Gasteiger partial charge in [-0.3, -0.25) is 10.6 Å². The third-order valence-corrected chi connectivity index (χ3v) is 2.32. The van der Waals surface area contributed by atoms with Crippen LogP contribution in [0.5, 0.6) is 11.5 Å². The van der Waals surface area contributed by atoms with Crippen LogP contribution >= 0.6 is 0 Å². The highest BCUT2D eigenvalue weighted by Crippen LogP contribution is 2.24. The summed E-state index contributed by atoms with van der Waals surface area (Å²) in [6.45, 7) is 0.634. The minimum atomic E-state index is -0.230. The first-order valence-corrected chi connectivity index (χ1v) is 5.08. The lowest BCUT2D eigenvalue weighted by Gasteiger charge is -2.15. The van der Waals surface area contributed by atoms with Gasteiger partial charge in [0.1, 0.15) is 17.8 Å². The molecule has 1 aromatic rings. The Bertz CT molecular complexity index is 331. The molecule has 0 saturated heterocycles. The van der Waals surface area contributed by atoms with E-state index in [1.54, 1.807) is 21.3 Å². The summed E-state index contributed by atoms with van der Waals surface area (Å²) in [7, 11) is 5.06. The second-order valence-corrected chi connectivity index (χ2v) is 3.33. The number of ether oxygens (including phenoxy) is 2. The number of hydrogen-bond acceptors (Lipinski definition) is 5. The normalized spacial score (nSPS) is 12.2. The Balaban J connectivity index is 2.71. The van der Waals surface area contributed by atoms with Crippen molar-refractivity contribution in [3.05, 3.63) is 23.8 Å². The molecule has 1 rings (SSSR count). The van der Waals surface area contributed by atoms with E-state index in [-0.39, 0.29) is 6.29 Å². The van der Waals surface area contributed by atoms with E-state index in [9.17, 15) is 0 Å². The summed E-state index contributed by atoms with van der Waals surface area (Å²) in [6, 6.07) is 5.69. The summed E-state index contributed by atoms with van der Waals surface area (Å²) in [5.74, 6) is 1.56. The molecule has 0 aliphatic carbocycles. The van der Waals surface area contributed by atoms with E-state index in [0.29, 0.717) is 6.54 Å². The fourth-order valence-corrected chi connectivity index (χ4v) is 1.32. The number of benzene rings is 1. The number of rotatable bonds is 6. The van der Waals surface area contributed by atoms with E-state index >= 15 is 0 Å². The average molecular weight is 225 g/mol. The van der Waals surface area contributed by atoms with E-state index in [1.807, 2.05) is 18.2 Å². The second kappa shape index (κ2) is 6.32. The predicted molar refractivity (Wildman–Crippen MR) is 63.4 cm³/mol. The van der Waals surface area contributed by atoms with E-state index in [4.69, 9.17) is 15.2 Å². The molecule has 0 amide bonds. The highest BCUT2D eigenvalue weighted by molar-refractivity contribution is 5.40. The fraction of sp³-hybridized carbons (Fsp3) is 0.455. The standard InChI is InChI=1S/C11H19N3O2/c1-13-11(12)14-7-8-4-5-9(15-2)6-10(8)16-3/h4-6,11,13-14H,7,12H2,1-3H3. The van der Waals surface area contributed by atoms with Gasteiger partial charge in [0.15, 0.2) is 0 Å². The predicted octanol–water partition coefficient (Wildman–Crippen LogP) is 0.255. The van der Waals surface area contributed by atoms with Crippen molar-refractivity contribution >= 4 is 0 Å². The third kappa shape index (κ3) is 3.37. The molecule has 4 N–H and O–H groups in total. The van der Waals surface area contributed by atoms with Crippen molar-refractivity contribution < 1.29 is 9.47 Å². The van der Waals surface area contributed by atoms with Gasteiger partial charge >= 0.3 is 0 Å². The van der Waals surface area contributed by atoms with Gasteiger partial charge in [-0.05, 0) is 13.1 Å². The molecule has 0 aromatic heterocycles. The van der Waals surface area contributed by atoms with Crippen LogP contribution < -0.4 is 25.8 Å². The Hall–Kier alpha value is -1.30. The molecule has 0 spiro atoms. The van der Waals surface area contributed by atoms with Crippen molar-refractivity contribution in [1.29, 1.82) is 0 Å². The molecule has 16 heavy (non-hydrogen) atoms. The van der Waals surface area contributed by atoms with Crippen LogP contribution in [0.3, 0.4) is 0 Å². The monoisotopic (exact) mass is 225 g/mol. The van der Waals surface area contributed by atoms with Crippen LogP contribution in [0.15, 0.2) is 18.2 Å². The zero-order chi connectivity index (χ0) is 12.0. The average Bonchev–Trinajstić information content (AvgIpc) is 2.35. The van der Waals surface area contributed by atoms with E-state index < -0.39 is 0 Å². The molecule has 90 valence electrons. The first-order valence-electron chi connectivity index (χ1n) is 5.08. The molecule has 1 unspecified atom stereocenters. The van der Waals surface area contributed by atoms with Crippen LogP contribution in [-0.4, -0.2) is 27.6 Å². The summed E-state index contributed by atoms with van der Waals surface area (Å²) in [5, 5.41) is 6.00. The second-order valence-electron chi connectivity index (χ2n) is 3.33. The number of methoxy groups -OCH3 is 2. The van der Waals surface area contributed by atoms with Crippen molar-refractivity contribution in [2.24, 2.45) is 5.73 Å². The van der Waals surface area contributed by atoms with Gasteiger partial charge in [-0.2, -0.15) is 0 Å². The lowest BCUT2D eigenvalue weighted by molar-refractivity contribution is 0.386. The van der Waals surface area contributed by atoms with Crippen LogP contribution in [0.25, 0.3) is 0 Å². The van der Waals surface area contributed by atoms with Gasteiger partial charge in [-0.15, -0.1) is 0 Å². The van der Waals surface area contributed by atoms with Crippen molar-refractivity contribution in [2.45, 2.75) is 12.8 Å². The van der Waals surface area contributed by atoms with E-state index in [1.165, 1.54) is 0 Å². The van der Waals surface area contributed by atoms with Gasteiger partial charge in [0.05, 0.1) is 14.2 Å². The van der Waals surface area contributed by atoms with E-state index in [0.717, 1.165) is 17.1 Å². The molecular weight excluding hydrogens is 206 g/mol. The molecule has 5 heteroatoms. The third-order valence-electron chi connectivity index (χ3n) is 2.32. The lowest BCUT2D eigenvalue weighted by Crippen LogP contribution is -2.47. The molecule has 0 saturated carbocycles. The molecule has 0 aliphatic rings. The first kappa shape index (κ1) is 12.8. The largest absolute Gasteiger partial charge is 0.497 e. The van der Waals surface area contributed by atoms with Gasteiger partial charge in [-0.25, -0.2) is 0 Å². The highest BCUT2D eigenvalue weighted by atomic mass is 16.5. The minimum Gasteiger partial charge on any atom is -0.497 e. The van der Waals surface area contributed by atoms with Crippen molar-refractivity contribution in [3.8, 4) is 11.5 Å². The molecule has 1 atom stereocenters. The number of hydrogen-bond donors (Lipinski definition) is 3. The Morgan fingerprint density at radius 2 is 2.06 bits per heavy atom. The minimum absolute atomic E-state index is 0.230.